The highest BCUT2D eigenvalue weighted by atomic mass is 35.5. The normalized spacial score (nSPS) is 18.8. The molecule has 2 N–H and O–H groups in total. The van der Waals surface area contributed by atoms with Crippen molar-refractivity contribution in [2.45, 2.75) is 27.8 Å². The number of amides is 2. The highest BCUT2D eigenvalue weighted by Crippen LogP contribution is 2.42. The molecule has 4 rings (SSSR count). The first-order valence-corrected chi connectivity index (χ1v) is 15.0. The van der Waals surface area contributed by atoms with Crippen molar-refractivity contribution < 1.29 is 24.1 Å². The molecule has 0 radical (unpaired) electrons. The molecule has 0 bridgehead atoms. The molecule has 0 aliphatic carbocycles. The van der Waals surface area contributed by atoms with Gasteiger partial charge in [-0.15, -0.1) is 35.3 Å². The van der Waals surface area contributed by atoms with Crippen molar-refractivity contribution in [1.82, 2.24) is 10.2 Å². The van der Waals surface area contributed by atoms with Crippen LogP contribution in [0, 0.1) is 0 Å². The predicted octanol–water partition coefficient (Wildman–Crippen LogP) is 4.74. The van der Waals surface area contributed by atoms with Crippen LogP contribution in [0.25, 0.3) is 0 Å². The number of rotatable bonds is 10. The van der Waals surface area contributed by atoms with Gasteiger partial charge in [0.15, 0.2) is 18.9 Å². The van der Waals surface area contributed by atoms with Gasteiger partial charge in [0.2, 0.25) is 5.91 Å². The molecule has 2 aliphatic rings. The molecule has 2 amide bonds. The average Bonchev–Trinajstić information content (AvgIpc) is 2.87. The number of carboxylic acids is 1. The quantitative estimate of drug-likeness (QED) is 0.131. The maximum absolute atomic E-state index is 12.9. The van der Waals surface area contributed by atoms with Gasteiger partial charge in [-0.3, -0.25) is 14.5 Å². The van der Waals surface area contributed by atoms with Gasteiger partial charge in [0, 0.05) is 33.4 Å². The van der Waals surface area contributed by atoms with Crippen LogP contribution in [0.4, 0.5) is 0 Å². The summed E-state index contributed by atoms with van der Waals surface area (Å²) in [5, 5.41) is 13.1. The van der Waals surface area contributed by atoms with E-state index in [1.54, 1.807) is 12.1 Å². The van der Waals surface area contributed by atoms with E-state index < -0.39 is 23.3 Å². The molecule has 0 unspecified atom stereocenters. The van der Waals surface area contributed by atoms with E-state index in [2.05, 4.69) is 11.9 Å². The fourth-order valence-electron chi connectivity index (χ4n) is 3.75. The SMILES string of the molecule is C=CC[n+]1ccc(SCC2=C(C(=O)O)N3C(=O)[C@H](NC(=O)CSc4cc(Cl)c(Cl)cc4Cl)[C@H]3SC2)cc1. The number of nitrogens with one attached hydrogen (secondary N) is 1. The first kappa shape index (κ1) is 28.2. The lowest BCUT2D eigenvalue weighted by Crippen LogP contribution is -2.70. The predicted molar refractivity (Wildman–Crippen MR) is 149 cm³/mol. The van der Waals surface area contributed by atoms with Crippen molar-refractivity contribution in [3.63, 3.8) is 0 Å². The van der Waals surface area contributed by atoms with E-state index >= 15 is 0 Å². The first-order valence-electron chi connectivity index (χ1n) is 10.9. The minimum atomic E-state index is -1.15. The van der Waals surface area contributed by atoms with Crippen LogP contribution >= 0.6 is 70.1 Å². The van der Waals surface area contributed by atoms with Crippen LogP contribution in [0.3, 0.4) is 0 Å². The number of hydrogen-bond donors (Lipinski definition) is 2. The molecule has 2 aromatic rings. The van der Waals surface area contributed by atoms with Gasteiger partial charge >= 0.3 is 5.97 Å². The number of thioether (sulfide) groups is 3. The maximum atomic E-state index is 12.9. The third kappa shape index (κ3) is 6.43. The van der Waals surface area contributed by atoms with Crippen molar-refractivity contribution >= 4 is 87.9 Å². The highest BCUT2D eigenvalue weighted by Gasteiger charge is 2.54. The Morgan fingerprint density at radius 1 is 1.19 bits per heavy atom. The molecule has 1 aromatic heterocycles. The number of hydrogen-bond acceptors (Lipinski definition) is 6. The number of benzene rings is 1. The number of carboxylic acid groups (broad SMARTS) is 1. The van der Waals surface area contributed by atoms with Crippen molar-refractivity contribution in [1.29, 1.82) is 0 Å². The molecule has 2 aliphatic heterocycles. The Bertz CT molecular complexity index is 1290. The monoisotopic (exact) mass is 616 g/mol. The number of fused-ring (bicyclic) bond motifs is 1. The minimum absolute atomic E-state index is 0.00126. The van der Waals surface area contributed by atoms with Crippen LogP contribution in [0.1, 0.15) is 0 Å². The van der Waals surface area contributed by atoms with Gasteiger partial charge in [0.25, 0.3) is 5.91 Å². The Kier molecular flexibility index (Phi) is 9.42. The Hall–Kier alpha value is -1.82. The summed E-state index contributed by atoms with van der Waals surface area (Å²) in [5.41, 5.74) is 0.672. The maximum Gasteiger partial charge on any atom is 0.352 e. The minimum Gasteiger partial charge on any atom is -0.477 e. The Morgan fingerprint density at radius 3 is 2.57 bits per heavy atom. The first-order chi connectivity index (χ1) is 17.7. The van der Waals surface area contributed by atoms with Gasteiger partial charge in [-0.1, -0.05) is 41.4 Å². The summed E-state index contributed by atoms with van der Waals surface area (Å²) in [7, 11) is 0. The van der Waals surface area contributed by atoms with E-state index in [0.717, 1.165) is 4.90 Å². The zero-order valence-corrected chi connectivity index (χ0v) is 23.9. The van der Waals surface area contributed by atoms with Crippen molar-refractivity contribution in [3.8, 4) is 0 Å². The van der Waals surface area contributed by atoms with E-state index in [4.69, 9.17) is 34.8 Å². The largest absolute Gasteiger partial charge is 0.477 e. The van der Waals surface area contributed by atoms with Crippen LogP contribution < -0.4 is 9.88 Å². The fourth-order valence-corrected chi connectivity index (χ4v) is 7.66. The number of carbonyl (C=O) groups excluding carboxylic acids is 2. The summed E-state index contributed by atoms with van der Waals surface area (Å²) in [4.78, 5) is 40.4. The molecule has 13 heteroatoms. The number of β-lactam (4-membered cyclic amide) rings is 1. The Labute approximate surface area is 241 Å². The van der Waals surface area contributed by atoms with Gasteiger partial charge in [-0.25, -0.2) is 9.36 Å². The third-order valence-corrected chi connectivity index (χ3v) is 10.2. The molecule has 0 saturated carbocycles. The molecule has 7 nitrogen and oxygen atoms in total. The van der Waals surface area contributed by atoms with Crippen LogP contribution in [0.5, 0.6) is 0 Å². The molecule has 0 spiro atoms. The lowest BCUT2D eigenvalue weighted by atomic mass is 10.0. The molecular weight excluding hydrogens is 597 g/mol. The zero-order chi connectivity index (χ0) is 26.7. The van der Waals surface area contributed by atoms with Gasteiger partial charge < -0.3 is 10.4 Å². The number of aromatic nitrogens is 1. The number of pyridine rings is 1. The van der Waals surface area contributed by atoms with Crippen LogP contribution in [0.2, 0.25) is 15.1 Å². The molecule has 37 heavy (non-hydrogen) atoms. The van der Waals surface area contributed by atoms with Gasteiger partial charge in [0.1, 0.15) is 17.1 Å². The molecule has 194 valence electrons. The molecule has 1 saturated heterocycles. The number of aliphatic carboxylic acids is 1. The van der Waals surface area contributed by atoms with E-state index in [1.165, 1.54) is 46.3 Å². The topological polar surface area (TPSA) is 90.6 Å². The summed E-state index contributed by atoms with van der Waals surface area (Å²) in [6.45, 7) is 4.42. The number of carbonyl (C=O) groups is 3. The van der Waals surface area contributed by atoms with Gasteiger partial charge in [-0.05, 0) is 23.8 Å². The smallest absolute Gasteiger partial charge is 0.352 e. The van der Waals surface area contributed by atoms with Crippen LogP contribution in [-0.4, -0.2) is 56.5 Å². The van der Waals surface area contributed by atoms with Crippen molar-refractivity contribution in [3.05, 3.63) is 75.7 Å². The average molecular weight is 618 g/mol. The molecule has 3 heterocycles. The Balaban J connectivity index is 1.37. The second kappa shape index (κ2) is 12.4. The van der Waals surface area contributed by atoms with Crippen LogP contribution in [0.15, 0.2) is 70.4 Å². The second-order valence-electron chi connectivity index (χ2n) is 8.01. The molecule has 1 aromatic carbocycles. The zero-order valence-electron chi connectivity index (χ0n) is 19.2. The molecule has 2 atom stereocenters. The van der Waals surface area contributed by atoms with E-state index in [-0.39, 0.29) is 17.4 Å². The molecular formula is C24H21Cl3N3O4S3+. The summed E-state index contributed by atoms with van der Waals surface area (Å²) in [6.07, 6.45) is 5.67. The third-order valence-electron chi connectivity index (χ3n) is 5.51. The summed E-state index contributed by atoms with van der Waals surface area (Å²) >= 11 is 22.2. The highest BCUT2D eigenvalue weighted by molar-refractivity contribution is 8.01. The van der Waals surface area contributed by atoms with E-state index in [1.807, 2.05) is 29.1 Å². The number of halogens is 3. The Morgan fingerprint density at radius 2 is 1.89 bits per heavy atom. The summed E-state index contributed by atoms with van der Waals surface area (Å²) < 4.78 is 1.98. The van der Waals surface area contributed by atoms with E-state index in [9.17, 15) is 19.5 Å². The summed E-state index contributed by atoms with van der Waals surface area (Å²) in [6, 6.07) is 6.20. The van der Waals surface area contributed by atoms with Gasteiger partial charge in [0.05, 0.1) is 20.8 Å². The lowest BCUT2D eigenvalue weighted by Gasteiger charge is -2.49. The standard InChI is InChI=1S/C24H20Cl3N3O4S3/c1-2-5-29-6-3-14(4-7-29)35-10-13-11-37-23-20(22(32)30(23)21(13)24(33)34)28-19(31)12-36-18-9-16(26)15(25)8-17(18)27/h2-4,6-9,20,23H,1,5,10-12H2,(H-,28,31,33,34)/p+1/t20-,23+/m0/s1. The number of nitrogens with zero attached hydrogens (tertiary/aromatic N) is 2. The fraction of sp³-hybridized carbons (Fsp3) is 0.250. The second-order valence-corrected chi connectivity index (χ2v) is 12.4. The number of allylic oxidation sites excluding steroid dienone is 1. The van der Waals surface area contributed by atoms with Crippen molar-refractivity contribution in [2.75, 3.05) is 17.3 Å². The van der Waals surface area contributed by atoms with Gasteiger partial charge in [-0.2, -0.15) is 0 Å². The molecule has 1 fully saturated rings. The van der Waals surface area contributed by atoms with Crippen molar-refractivity contribution in [2.24, 2.45) is 0 Å². The van der Waals surface area contributed by atoms with Crippen LogP contribution in [-0.2, 0) is 20.9 Å². The summed E-state index contributed by atoms with van der Waals surface area (Å²) in [5.74, 6) is -1.06. The van der Waals surface area contributed by atoms with E-state index in [0.29, 0.717) is 43.6 Å². The lowest BCUT2D eigenvalue weighted by molar-refractivity contribution is -0.687.